The van der Waals surface area contributed by atoms with Crippen LogP contribution in [-0.2, 0) is 9.05 Å². The molecular formula is C13H17BrClNO4S. The second kappa shape index (κ2) is 6.30. The van der Waals surface area contributed by atoms with Crippen LogP contribution in [0.3, 0.4) is 0 Å². The molecule has 2 rings (SSSR count). The lowest BCUT2D eigenvalue weighted by molar-refractivity contribution is 0.0881. The van der Waals surface area contributed by atoms with Gasteiger partial charge in [0.2, 0.25) is 0 Å². The molecule has 118 valence electrons. The van der Waals surface area contributed by atoms with Crippen molar-refractivity contribution in [3.8, 4) is 0 Å². The van der Waals surface area contributed by atoms with Crippen molar-refractivity contribution >= 4 is 41.6 Å². The van der Waals surface area contributed by atoms with E-state index in [1.54, 1.807) is 0 Å². The summed E-state index contributed by atoms with van der Waals surface area (Å²) in [5, 5.41) is 2.90. The van der Waals surface area contributed by atoms with E-state index < -0.39 is 15.0 Å². The van der Waals surface area contributed by atoms with Crippen LogP contribution in [-0.4, -0.2) is 20.4 Å². The lowest BCUT2D eigenvalue weighted by atomic mass is 9.80. The molecule has 21 heavy (non-hydrogen) atoms. The Kier molecular flexibility index (Phi) is 5.05. The Morgan fingerprint density at radius 1 is 1.33 bits per heavy atom. The van der Waals surface area contributed by atoms with Crippen LogP contribution in [0.15, 0.2) is 20.0 Å². The van der Waals surface area contributed by atoms with E-state index in [-0.39, 0.29) is 21.4 Å². The maximum atomic E-state index is 12.2. The van der Waals surface area contributed by atoms with Crippen molar-refractivity contribution in [3.63, 3.8) is 0 Å². The number of carbonyl (C=O) groups is 1. The summed E-state index contributed by atoms with van der Waals surface area (Å²) in [6, 6.07) is 1.22. The van der Waals surface area contributed by atoms with E-state index >= 15 is 0 Å². The minimum absolute atomic E-state index is 0.0620. The Morgan fingerprint density at radius 3 is 2.38 bits per heavy atom. The number of carbonyl (C=O) groups excluding carboxylic acids is 1. The molecule has 0 aromatic carbocycles. The van der Waals surface area contributed by atoms with Crippen LogP contribution < -0.4 is 5.32 Å². The summed E-state index contributed by atoms with van der Waals surface area (Å²) in [7, 11) is 1.32. The van der Waals surface area contributed by atoms with Gasteiger partial charge in [0.15, 0.2) is 10.4 Å². The van der Waals surface area contributed by atoms with Crippen molar-refractivity contribution in [2.75, 3.05) is 0 Å². The van der Waals surface area contributed by atoms with E-state index in [2.05, 4.69) is 35.1 Å². The molecule has 0 radical (unpaired) electrons. The van der Waals surface area contributed by atoms with Crippen LogP contribution >= 0.6 is 26.6 Å². The van der Waals surface area contributed by atoms with E-state index in [1.165, 1.54) is 0 Å². The smallest absolute Gasteiger partial charge is 0.287 e. The molecule has 0 spiro atoms. The third-order valence-electron chi connectivity index (χ3n) is 3.66. The van der Waals surface area contributed by atoms with E-state index in [1.807, 2.05) is 0 Å². The summed E-state index contributed by atoms with van der Waals surface area (Å²) in [5.41, 5.74) is 0. The largest absolute Gasteiger partial charge is 0.443 e. The van der Waals surface area contributed by atoms with Gasteiger partial charge in [-0.15, -0.1) is 0 Å². The highest BCUT2D eigenvalue weighted by Crippen LogP contribution is 2.30. The number of amides is 1. The summed E-state index contributed by atoms with van der Waals surface area (Å²) in [4.78, 5) is 11.9. The second-order valence-electron chi connectivity index (χ2n) is 5.77. The van der Waals surface area contributed by atoms with Crippen LogP contribution in [0.2, 0.25) is 0 Å². The van der Waals surface area contributed by atoms with Gasteiger partial charge in [-0.3, -0.25) is 4.79 Å². The fourth-order valence-corrected chi connectivity index (χ4v) is 4.98. The van der Waals surface area contributed by atoms with Gasteiger partial charge in [-0.2, -0.15) is 0 Å². The zero-order valence-corrected chi connectivity index (χ0v) is 14.9. The second-order valence-corrected chi connectivity index (χ2v) is 9.03. The molecule has 1 N–H and O–H groups in total. The standard InChI is InChI=1S/C13H17BrClNO4S/c1-7-3-8(2)5-9(4-7)16-13(17)10-6-11(12(14)20-10)21(15,18)19/h6-9H,3-5H2,1-2H3,(H,16,17). The van der Waals surface area contributed by atoms with Gasteiger partial charge >= 0.3 is 0 Å². The lowest BCUT2D eigenvalue weighted by Crippen LogP contribution is -2.39. The molecule has 2 atom stereocenters. The van der Waals surface area contributed by atoms with Crippen molar-refractivity contribution in [2.45, 2.75) is 44.0 Å². The van der Waals surface area contributed by atoms with Gasteiger partial charge in [-0.05, 0) is 47.0 Å². The number of hydrogen-bond acceptors (Lipinski definition) is 4. The predicted molar refractivity (Wildman–Crippen MR) is 82.9 cm³/mol. The van der Waals surface area contributed by atoms with Crippen molar-refractivity contribution in [3.05, 3.63) is 16.5 Å². The molecule has 5 nitrogen and oxygen atoms in total. The number of nitrogens with one attached hydrogen (secondary N) is 1. The first kappa shape index (κ1) is 16.8. The zero-order chi connectivity index (χ0) is 15.8. The van der Waals surface area contributed by atoms with E-state index in [0.717, 1.165) is 25.3 Å². The Labute approximate surface area is 137 Å². The van der Waals surface area contributed by atoms with Gasteiger partial charge < -0.3 is 9.73 Å². The van der Waals surface area contributed by atoms with Gasteiger partial charge in [0.1, 0.15) is 4.90 Å². The summed E-state index contributed by atoms with van der Waals surface area (Å²) >= 11 is 2.96. The molecule has 1 aliphatic carbocycles. The van der Waals surface area contributed by atoms with Crippen LogP contribution in [0.4, 0.5) is 0 Å². The number of hydrogen-bond donors (Lipinski definition) is 1. The summed E-state index contributed by atoms with van der Waals surface area (Å²) in [6.45, 7) is 4.33. The van der Waals surface area contributed by atoms with Crippen molar-refractivity contribution in [1.82, 2.24) is 5.32 Å². The fraction of sp³-hybridized carbons (Fsp3) is 0.615. The lowest BCUT2D eigenvalue weighted by Gasteiger charge is -2.31. The summed E-state index contributed by atoms with van der Waals surface area (Å²) < 4.78 is 27.7. The maximum absolute atomic E-state index is 12.2. The van der Waals surface area contributed by atoms with Crippen LogP contribution in [0.1, 0.15) is 43.7 Å². The topological polar surface area (TPSA) is 76.4 Å². The van der Waals surface area contributed by atoms with Crippen LogP contribution in [0, 0.1) is 11.8 Å². The van der Waals surface area contributed by atoms with E-state index in [9.17, 15) is 13.2 Å². The van der Waals surface area contributed by atoms with Crippen LogP contribution in [0.5, 0.6) is 0 Å². The van der Waals surface area contributed by atoms with Gasteiger partial charge in [0.05, 0.1) is 0 Å². The van der Waals surface area contributed by atoms with Gasteiger partial charge in [-0.25, -0.2) is 8.42 Å². The minimum Gasteiger partial charge on any atom is -0.443 e. The maximum Gasteiger partial charge on any atom is 0.287 e. The molecule has 8 heteroatoms. The number of halogens is 2. The first-order chi connectivity index (χ1) is 9.66. The molecule has 0 saturated heterocycles. The third kappa shape index (κ3) is 4.23. The molecule has 1 heterocycles. The predicted octanol–water partition coefficient (Wildman–Crippen LogP) is 3.52. The Balaban J connectivity index is 2.11. The van der Waals surface area contributed by atoms with Crippen molar-refractivity contribution in [2.24, 2.45) is 11.8 Å². The molecule has 1 aliphatic rings. The highest BCUT2D eigenvalue weighted by Gasteiger charge is 2.28. The average molecular weight is 399 g/mol. The van der Waals surface area contributed by atoms with Gasteiger partial charge in [0.25, 0.3) is 15.0 Å². The molecule has 1 aromatic heterocycles. The Hall–Kier alpha value is -0.530. The highest BCUT2D eigenvalue weighted by atomic mass is 79.9. The van der Waals surface area contributed by atoms with Crippen molar-refractivity contribution < 1.29 is 17.6 Å². The third-order valence-corrected chi connectivity index (χ3v) is 5.83. The van der Waals surface area contributed by atoms with E-state index in [4.69, 9.17) is 15.1 Å². The summed E-state index contributed by atoms with van der Waals surface area (Å²) in [6.07, 6.45) is 2.99. The fourth-order valence-electron chi connectivity index (χ4n) is 2.95. The first-order valence-electron chi connectivity index (χ1n) is 6.71. The Morgan fingerprint density at radius 2 is 1.90 bits per heavy atom. The molecule has 1 saturated carbocycles. The minimum atomic E-state index is -3.95. The molecular weight excluding hydrogens is 382 g/mol. The van der Waals surface area contributed by atoms with Gasteiger partial charge in [-0.1, -0.05) is 13.8 Å². The number of furan rings is 1. The molecule has 1 fully saturated rings. The number of rotatable bonds is 3. The first-order valence-corrected chi connectivity index (χ1v) is 9.82. The highest BCUT2D eigenvalue weighted by molar-refractivity contribution is 9.10. The quantitative estimate of drug-likeness (QED) is 0.790. The summed E-state index contributed by atoms with van der Waals surface area (Å²) in [5.74, 6) is 0.628. The molecule has 0 aliphatic heterocycles. The van der Waals surface area contributed by atoms with Crippen LogP contribution in [0.25, 0.3) is 0 Å². The molecule has 1 amide bonds. The Bertz CT molecular complexity index is 633. The monoisotopic (exact) mass is 397 g/mol. The zero-order valence-electron chi connectivity index (χ0n) is 11.7. The molecule has 2 unspecified atom stereocenters. The average Bonchev–Trinajstić information content (AvgIpc) is 2.69. The normalized spacial score (nSPS) is 26.6. The SMILES string of the molecule is CC1CC(C)CC(NC(=O)c2cc(S(=O)(=O)Cl)c(Br)o2)C1. The van der Waals surface area contributed by atoms with E-state index in [0.29, 0.717) is 11.8 Å². The molecule has 1 aromatic rings. The van der Waals surface area contributed by atoms with Crippen molar-refractivity contribution in [1.29, 1.82) is 0 Å². The van der Waals surface area contributed by atoms with Gasteiger partial charge in [0, 0.05) is 22.8 Å². The molecule has 0 bridgehead atoms.